The standard InChI is InChI=1S/C21H16Cl2N3O2S.C5H11NO/c1-11-18(20(27)26-16-5-3-4-6-17(16)28-2)19(14(10-24)21(29)25-11)13-8-7-12(22)9-15(13)23;1-6-2-4-7-5-3-6/h3-9,19H,1-2H3,(H,25,29)(H,26,27);2-5H2,1H3/q-1;/p+1. The minimum Gasteiger partial charge on any atom is -0.763 e. The number of carbonyl (C=O) groups excluding carboxylic acids is 1. The van der Waals surface area contributed by atoms with Gasteiger partial charge in [0.15, 0.2) is 0 Å². The highest BCUT2D eigenvalue weighted by Crippen LogP contribution is 2.40. The van der Waals surface area contributed by atoms with E-state index < -0.39 is 11.8 Å². The lowest BCUT2D eigenvalue weighted by Gasteiger charge is -2.31. The normalized spacial score (nSPS) is 18.0. The van der Waals surface area contributed by atoms with Gasteiger partial charge in [0, 0.05) is 26.9 Å². The zero-order valence-electron chi connectivity index (χ0n) is 20.3. The van der Waals surface area contributed by atoms with Crippen molar-refractivity contribution in [3.63, 3.8) is 0 Å². The number of rotatable bonds is 4. The largest absolute Gasteiger partial charge is 0.763 e. The number of likely N-dealkylation sites (N-methyl/N-ethyl adjacent to an activating group) is 1. The molecule has 0 spiro atoms. The van der Waals surface area contributed by atoms with E-state index in [0.29, 0.717) is 38.3 Å². The van der Waals surface area contributed by atoms with E-state index in [9.17, 15) is 10.2 Å². The fourth-order valence-corrected chi connectivity index (χ4v) is 4.75. The fourth-order valence-electron chi connectivity index (χ4n) is 3.92. The summed E-state index contributed by atoms with van der Waals surface area (Å²) >= 11 is 17.8. The maximum Gasteiger partial charge on any atom is 0.254 e. The average molecular weight is 548 g/mol. The number of allylic oxidation sites excluding steroid dienone is 1. The van der Waals surface area contributed by atoms with Crippen molar-refractivity contribution in [3.05, 3.63) is 80.3 Å². The summed E-state index contributed by atoms with van der Waals surface area (Å²) in [5.41, 5.74) is 2.19. The highest BCUT2D eigenvalue weighted by molar-refractivity contribution is 7.80. The van der Waals surface area contributed by atoms with Crippen molar-refractivity contribution in [3.8, 4) is 5.75 Å². The second-order valence-electron chi connectivity index (χ2n) is 8.34. The molecule has 0 bridgehead atoms. The Balaban J connectivity index is 0.000000444. The van der Waals surface area contributed by atoms with Gasteiger partial charge in [-0.3, -0.25) is 10.7 Å². The van der Waals surface area contributed by atoms with Crippen LogP contribution in [0.4, 0.5) is 5.69 Å². The Morgan fingerprint density at radius 3 is 2.53 bits per heavy atom. The molecule has 1 atom stereocenters. The SMILES string of the molecule is COc1ccccc1NC(=O)C1=C(C)NC(=S)C(=C=[N-])C1c1ccc(Cl)cc1Cl.C[NH+]1CCOCC1. The van der Waals surface area contributed by atoms with Crippen molar-refractivity contribution in [2.45, 2.75) is 12.8 Å². The maximum atomic E-state index is 13.3. The molecule has 1 amide bonds. The summed E-state index contributed by atoms with van der Waals surface area (Å²) in [5.74, 6) is 1.51. The van der Waals surface area contributed by atoms with Crippen LogP contribution < -0.4 is 20.3 Å². The third-order valence-corrected chi connectivity index (χ3v) is 6.75. The Hall–Kier alpha value is -2.71. The number of thiocarbonyl (C=S) groups is 1. The predicted molar refractivity (Wildman–Crippen MR) is 149 cm³/mol. The molecule has 1 fully saturated rings. The molecule has 2 aromatic carbocycles. The van der Waals surface area contributed by atoms with Gasteiger partial charge in [-0.15, -0.1) is 0 Å². The number of hydrogen-bond acceptors (Lipinski definition) is 4. The van der Waals surface area contributed by atoms with Gasteiger partial charge >= 0.3 is 0 Å². The molecule has 0 saturated carbocycles. The molecule has 7 nitrogen and oxygen atoms in total. The Labute approximate surface area is 226 Å². The van der Waals surface area contributed by atoms with Crippen molar-refractivity contribution >= 4 is 57.9 Å². The van der Waals surface area contributed by atoms with Crippen molar-refractivity contribution < 1.29 is 19.2 Å². The van der Waals surface area contributed by atoms with Gasteiger partial charge in [-0.25, -0.2) is 0 Å². The van der Waals surface area contributed by atoms with Gasteiger partial charge in [-0.1, -0.05) is 53.6 Å². The molecule has 10 heteroatoms. The molecule has 2 aliphatic rings. The van der Waals surface area contributed by atoms with Gasteiger partial charge in [0.05, 0.1) is 39.0 Å². The minimum absolute atomic E-state index is 0.236. The van der Waals surface area contributed by atoms with Gasteiger partial charge in [0.2, 0.25) is 0 Å². The van der Waals surface area contributed by atoms with E-state index >= 15 is 0 Å². The van der Waals surface area contributed by atoms with E-state index in [0.717, 1.165) is 13.2 Å². The summed E-state index contributed by atoms with van der Waals surface area (Å²) in [6, 6.07) is 12.0. The van der Waals surface area contributed by atoms with E-state index in [2.05, 4.69) is 23.6 Å². The Bertz CT molecular complexity index is 1220. The van der Waals surface area contributed by atoms with Gasteiger partial charge in [0.25, 0.3) is 5.91 Å². The summed E-state index contributed by atoms with van der Waals surface area (Å²) in [4.78, 5) is 15.1. The van der Waals surface area contributed by atoms with E-state index in [-0.39, 0.29) is 10.6 Å². The molecule has 4 rings (SSSR count). The van der Waals surface area contributed by atoms with E-state index in [1.165, 1.54) is 20.2 Å². The van der Waals surface area contributed by atoms with Gasteiger partial charge in [-0.2, -0.15) is 0 Å². The van der Waals surface area contributed by atoms with Gasteiger partial charge in [-0.05, 0) is 36.8 Å². The molecule has 190 valence electrons. The predicted octanol–water partition coefficient (Wildman–Crippen LogP) is 3.63. The molecule has 0 aliphatic carbocycles. The van der Waals surface area contributed by atoms with Gasteiger partial charge < -0.3 is 30.4 Å². The Morgan fingerprint density at radius 2 is 1.94 bits per heavy atom. The Morgan fingerprint density at radius 1 is 1.25 bits per heavy atom. The van der Waals surface area contributed by atoms with Crippen LogP contribution in [0.15, 0.2) is 59.3 Å². The number of ether oxygens (including phenoxy) is 2. The quantitative estimate of drug-likeness (QED) is 0.309. The number of nitrogens with zero attached hydrogens (tertiary/aromatic N) is 1. The number of anilines is 1. The van der Waals surface area contributed by atoms with Crippen LogP contribution in [0.3, 0.4) is 0 Å². The number of amides is 1. The lowest BCUT2D eigenvalue weighted by atomic mass is 9.81. The van der Waals surface area contributed by atoms with Crippen LogP contribution in [0.1, 0.15) is 18.4 Å². The van der Waals surface area contributed by atoms with Crippen LogP contribution in [0.2, 0.25) is 10.0 Å². The summed E-state index contributed by atoms with van der Waals surface area (Å²) in [7, 11) is 3.72. The number of halogens is 2. The number of methoxy groups -OCH3 is 1. The number of para-hydroxylation sites is 2. The van der Waals surface area contributed by atoms with E-state index in [1.54, 1.807) is 54.3 Å². The molecule has 3 N–H and O–H groups in total. The highest BCUT2D eigenvalue weighted by Gasteiger charge is 2.35. The zero-order valence-corrected chi connectivity index (χ0v) is 22.6. The van der Waals surface area contributed by atoms with Crippen LogP contribution in [0, 0.1) is 0 Å². The molecule has 0 aromatic heterocycles. The molecule has 1 unspecified atom stereocenters. The first-order valence-corrected chi connectivity index (χ1v) is 12.5. The summed E-state index contributed by atoms with van der Waals surface area (Å²) in [5, 5.41) is 16.3. The van der Waals surface area contributed by atoms with Crippen LogP contribution >= 0.6 is 35.4 Å². The summed E-state index contributed by atoms with van der Waals surface area (Å²) in [6.07, 6.45) is 0. The van der Waals surface area contributed by atoms with Crippen LogP contribution in [-0.4, -0.2) is 57.2 Å². The highest BCUT2D eigenvalue weighted by atomic mass is 35.5. The molecule has 2 heterocycles. The van der Waals surface area contributed by atoms with E-state index in [1.807, 2.05) is 0 Å². The minimum atomic E-state index is -0.728. The smallest absolute Gasteiger partial charge is 0.254 e. The average Bonchev–Trinajstić information content (AvgIpc) is 2.85. The Kier molecular flexibility index (Phi) is 10.1. The van der Waals surface area contributed by atoms with Crippen molar-refractivity contribution in [2.24, 2.45) is 0 Å². The van der Waals surface area contributed by atoms with Gasteiger partial charge in [0.1, 0.15) is 23.8 Å². The number of carbonyl (C=O) groups is 1. The topological polar surface area (TPSA) is 86.3 Å². The number of hydrogen-bond donors (Lipinski definition) is 3. The molecule has 2 aromatic rings. The second kappa shape index (κ2) is 13.0. The number of benzene rings is 2. The molecular weight excluding hydrogens is 519 g/mol. The lowest BCUT2D eigenvalue weighted by molar-refractivity contribution is -0.888. The molecular formula is C26H28Cl2N4O3S. The summed E-state index contributed by atoms with van der Waals surface area (Å²) < 4.78 is 10.4. The zero-order chi connectivity index (χ0) is 26.2. The molecule has 0 radical (unpaired) electrons. The van der Waals surface area contributed by atoms with E-state index in [4.69, 9.17) is 44.9 Å². The first-order chi connectivity index (χ1) is 17.3. The third kappa shape index (κ3) is 6.73. The maximum absolute atomic E-state index is 13.3. The molecule has 1 saturated heterocycles. The monoisotopic (exact) mass is 546 g/mol. The van der Waals surface area contributed by atoms with Crippen LogP contribution in [0.5, 0.6) is 5.75 Å². The molecule has 2 aliphatic heterocycles. The third-order valence-electron chi connectivity index (χ3n) is 5.87. The van der Waals surface area contributed by atoms with Crippen LogP contribution in [0.25, 0.3) is 5.41 Å². The second-order valence-corrected chi connectivity index (χ2v) is 9.59. The molecule has 36 heavy (non-hydrogen) atoms. The first kappa shape index (κ1) is 27.9. The lowest BCUT2D eigenvalue weighted by Crippen LogP contribution is -3.11. The van der Waals surface area contributed by atoms with Crippen LogP contribution in [-0.2, 0) is 9.53 Å². The summed E-state index contributed by atoms with van der Waals surface area (Å²) in [6.45, 7) is 5.99. The fraction of sp³-hybridized carbons (Fsp3) is 0.308. The van der Waals surface area contributed by atoms with Crippen molar-refractivity contribution in [1.29, 1.82) is 0 Å². The number of morpholine rings is 1. The first-order valence-electron chi connectivity index (χ1n) is 11.3. The number of nitrogens with one attached hydrogen (secondary N) is 3. The number of quaternary nitrogens is 1. The van der Waals surface area contributed by atoms with Crippen molar-refractivity contribution in [1.82, 2.24) is 5.32 Å². The van der Waals surface area contributed by atoms with Crippen molar-refractivity contribution in [2.75, 3.05) is 45.8 Å².